The van der Waals surface area contributed by atoms with Gasteiger partial charge in [-0.1, -0.05) is 20.8 Å². The van der Waals surface area contributed by atoms with E-state index in [1.807, 2.05) is 0 Å². The number of methoxy groups -OCH3 is 1. The molecule has 0 bridgehead atoms. The molecule has 9 atom stereocenters. The van der Waals surface area contributed by atoms with Gasteiger partial charge in [0.2, 0.25) is 0 Å². The Balaban J connectivity index is 1.54. The number of Topliss-reactive ketones (excluding diaryl/α,β-unsaturated/α-hetero) is 1. The highest BCUT2D eigenvalue weighted by Crippen LogP contribution is 2.67. The smallest absolute Gasteiger partial charge is 0.305 e. The predicted octanol–water partition coefficient (Wildman–Crippen LogP) is 4.77. The summed E-state index contributed by atoms with van der Waals surface area (Å²) in [6.45, 7) is 6.94. The zero-order chi connectivity index (χ0) is 21.0. The third kappa shape index (κ3) is 3.28. The molecule has 4 heteroatoms. The molecule has 164 valence electrons. The average molecular weight is 405 g/mol. The molecule has 4 rings (SSSR count). The SMILES string of the molecule is COC(=O)CC[C@H](C)[C@H]1CC[C@H]2[C@@H]3CC[C@H]4C[C@@H](O)CC[C@]4(C)[C@H]3CC(=O)[C@]12C. The maximum Gasteiger partial charge on any atom is 0.305 e. The van der Waals surface area contributed by atoms with Crippen LogP contribution in [0.2, 0.25) is 0 Å². The van der Waals surface area contributed by atoms with Crippen molar-refractivity contribution >= 4 is 11.8 Å². The Morgan fingerprint density at radius 3 is 2.66 bits per heavy atom. The van der Waals surface area contributed by atoms with Gasteiger partial charge in [0.05, 0.1) is 13.2 Å². The lowest BCUT2D eigenvalue weighted by Crippen LogP contribution is -2.57. The number of fused-ring (bicyclic) bond motifs is 5. The van der Waals surface area contributed by atoms with Gasteiger partial charge in [-0.05, 0) is 92.3 Å². The van der Waals surface area contributed by atoms with Crippen molar-refractivity contribution in [2.24, 2.45) is 46.3 Å². The van der Waals surface area contributed by atoms with Gasteiger partial charge in [-0.3, -0.25) is 9.59 Å². The summed E-state index contributed by atoms with van der Waals surface area (Å²) < 4.78 is 4.83. The molecular formula is C25H40O4. The Bertz CT molecular complexity index is 659. The van der Waals surface area contributed by atoms with Crippen molar-refractivity contribution < 1.29 is 19.4 Å². The van der Waals surface area contributed by atoms with Crippen molar-refractivity contribution in [1.29, 1.82) is 0 Å². The number of esters is 1. The zero-order valence-corrected chi connectivity index (χ0v) is 18.8. The summed E-state index contributed by atoms with van der Waals surface area (Å²) in [6, 6.07) is 0. The number of ether oxygens (including phenoxy) is 1. The van der Waals surface area contributed by atoms with E-state index in [1.54, 1.807) is 0 Å². The van der Waals surface area contributed by atoms with Crippen molar-refractivity contribution in [2.45, 2.75) is 91.1 Å². The normalized spacial score (nSPS) is 47.7. The first-order valence-electron chi connectivity index (χ1n) is 12.0. The van der Waals surface area contributed by atoms with Crippen LogP contribution in [-0.4, -0.2) is 30.1 Å². The van der Waals surface area contributed by atoms with Crippen LogP contribution in [0.4, 0.5) is 0 Å². The summed E-state index contributed by atoms with van der Waals surface area (Å²) in [5, 5.41) is 10.2. The van der Waals surface area contributed by atoms with E-state index in [0.29, 0.717) is 47.7 Å². The number of carbonyl (C=O) groups is 2. The molecule has 0 aliphatic heterocycles. The van der Waals surface area contributed by atoms with Crippen LogP contribution >= 0.6 is 0 Å². The Morgan fingerprint density at radius 1 is 1.17 bits per heavy atom. The van der Waals surface area contributed by atoms with Crippen LogP contribution in [0.3, 0.4) is 0 Å². The minimum Gasteiger partial charge on any atom is -0.469 e. The lowest BCUT2D eigenvalue weighted by molar-refractivity contribution is -0.160. The number of hydrogen-bond acceptors (Lipinski definition) is 4. The van der Waals surface area contributed by atoms with Gasteiger partial charge >= 0.3 is 5.97 Å². The van der Waals surface area contributed by atoms with Gasteiger partial charge in [-0.15, -0.1) is 0 Å². The highest BCUT2D eigenvalue weighted by atomic mass is 16.5. The number of aliphatic hydroxyl groups is 1. The minimum atomic E-state index is -0.214. The van der Waals surface area contributed by atoms with Crippen LogP contribution in [0.5, 0.6) is 0 Å². The summed E-state index contributed by atoms with van der Waals surface area (Å²) in [5.41, 5.74) is 0.0157. The Morgan fingerprint density at radius 2 is 1.93 bits per heavy atom. The summed E-state index contributed by atoms with van der Waals surface area (Å²) in [4.78, 5) is 25.3. The van der Waals surface area contributed by atoms with Crippen molar-refractivity contribution in [3.8, 4) is 0 Å². The van der Waals surface area contributed by atoms with E-state index >= 15 is 0 Å². The average Bonchev–Trinajstić information content (AvgIpc) is 3.06. The molecule has 4 aliphatic carbocycles. The van der Waals surface area contributed by atoms with Crippen LogP contribution in [0.15, 0.2) is 0 Å². The molecule has 0 aromatic heterocycles. The first-order valence-corrected chi connectivity index (χ1v) is 12.0. The second kappa shape index (κ2) is 7.66. The first kappa shape index (κ1) is 21.3. The van der Waals surface area contributed by atoms with Crippen molar-refractivity contribution in [3.05, 3.63) is 0 Å². The fraction of sp³-hybridized carbons (Fsp3) is 0.920. The lowest BCUT2D eigenvalue weighted by Gasteiger charge is -2.60. The molecule has 0 aromatic rings. The van der Waals surface area contributed by atoms with Crippen LogP contribution in [-0.2, 0) is 14.3 Å². The highest BCUT2D eigenvalue weighted by molar-refractivity contribution is 5.87. The number of rotatable bonds is 4. The van der Waals surface area contributed by atoms with Gasteiger partial charge in [-0.25, -0.2) is 0 Å². The first-order chi connectivity index (χ1) is 13.7. The second-order valence-corrected chi connectivity index (χ2v) is 11.3. The van der Waals surface area contributed by atoms with E-state index in [1.165, 1.54) is 26.4 Å². The molecule has 0 amide bonds. The lowest BCUT2D eigenvalue weighted by atomic mass is 9.44. The number of ketones is 1. The van der Waals surface area contributed by atoms with E-state index in [9.17, 15) is 14.7 Å². The van der Waals surface area contributed by atoms with Gasteiger partial charge in [0.1, 0.15) is 5.78 Å². The van der Waals surface area contributed by atoms with Crippen LogP contribution < -0.4 is 0 Å². The van der Waals surface area contributed by atoms with Crippen molar-refractivity contribution in [2.75, 3.05) is 7.11 Å². The van der Waals surface area contributed by atoms with Gasteiger partial charge in [0, 0.05) is 18.3 Å². The maximum atomic E-state index is 13.7. The fourth-order valence-corrected chi connectivity index (χ4v) is 8.53. The third-order valence-electron chi connectivity index (χ3n) is 10.3. The summed E-state index contributed by atoms with van der Waals surface area (Å²) in [6.07, 6.45) is 9.53. The van der Waals surface area contributed by atoms with Gasteiger partial charge in [0.15, 0.2) is 0 Å². The van der Waals surface area contributed by atoms with Crippen LogP contribution in [0, 0.1) is 46.3 Å². The maximum absolute atomic E-state index is 13.7. The molecule has 4 saturated carbocycles. The van der Waals surface area contributed by atoms with Crippen LogP contribution in [0.1, 0.15) is 85.0 Å². The van der Waals surface area contributed by atoms with Gasteiger partial charge in [-0.2, -0.15) is 0 Å². The van der Waals surface area contributed by atoms with E-state index < -0.39 is 0 Å². The molecule has 0 aromatic carbocycles. The minimum absolute atomic E-state index is 0.138. The molecule has 0 radical (unpaired) electrons. The Hall–Kier alpha value is -0.900. The standard InChI is InChI=1S/C25H40O4/c1-15(5-10-23(28)29-4)19-8-9-20-18-7-6-16-13-17(26)11-12-24(16,2)21(18)14-22(27)25(19,20)3/h15-21,26H,5-14H2,1-4H3/t15-,16-,17-,18-,19+,20-,21-,24-,25+/m0/s1. The second-order valence-electron chi connectivity index (χ2n) is 11.3. The summed E-state index contributed by atoms with van der Waals surface area (Å²) in [7, 11) is 1.45. The van der Waals surface area contributed by atoms with Gasteiger partial charge in [0.25, 0.3) is 0 Å². The molecule has 0 saturated heterocycles. The zero-order valence-electron chi connectivity index (χ0n) is 18.8. The topological polar surface area (TPSA) is 63.6 Å². The molecule has 0 spiro atoms. The molecular weight excluding hydrogens is 364 g/mol. The quantitative estimate of drug-likeness (QED) is 0.685. The molecule has 0 heterocycles. The van der Waals surface area contributed by atoms with E-state index in [2.05, 4.69) is 20.8 Å². The summed E-state index contributed by atoms with van der Waals surface area (Å²) in [5.74, 6) is 3.37. The fourth-order valence-electron chi connectivity index (χ4n) is 8.53. The van der Waals surface area contributed by atoms with Gasteiger partial charge < -0.3 is 9.84 Å². The highest BCUT2D eigenvalue weighted by Gasteiger charge is 2.63. The van der Waals surface area contributed by atoms with E-state index in [-0.39, 0.29) is 22.9 Å². The number of carbonyl (C=O) groups excluding carboxylic acids is 2. The Kier molecular flexibility index (Phi) is 5.63. The molecule has 1 N–H and O–H groups in total. The van der Waals surface area contributed by atoms with E-state index in [0.717, 1.165) is 38.5 Å². The third-order valence-corrected chi connectivity index (χ3v) is 10.3. The van der Waals surface area contributed by atoms with Crippen LogP contribution in [0.25, 0.3) is 0 Å². The Labute approximate surface area is 176 Å². The predicted molar refractivity (Wildman–Crippen MR) is 112 cm³/mol. The molecule has 29 heavy (non-hydrogen) atoms. The monoisotopic (exact) mass is 404 g/mol. The number of aliphatic hydroxyl groups excluding tert-OH is 1. The molecule has 4 aliphatic rings. The molecule has 0 unspecified atom stereocenters. The van der Waals surface area contributed by atoms with E-state index in [4.69, 9.17) is 4.74 Å². The summed E-state index contributed by atoms with van der Waals surface area (Å²) >= 11 is 0. The number of hydrogen-bond donors (Lipinski definition) is 1. The molecule has 4 nitrogen and oxygen atoms in total. The van der Waals surface area contributed by atoms with Crippen molar-refractivity contribution in [3.63, 3.8) is 0 Å². The largest absolute Gasteiger partial charge is 0.469 e. The van der Waals surface area contributed by atoms with Crippen molar-refractivity contribution in [1.82, 2.24) is 0 Å². The molecule has 4 fully saturated rings.